The van der Waals surface area contributed by atoms with Gasteiger partial charge in [0.25, 0.3) is 0 Å². The van der Waals surface area contributed by atoms with Crippen LogP contribution in [0.2, 0.25) is 0 Å². The van der Waals surface area contributed by atoms with Crippen LogP contribution >= 0.6 is 0 Å². The van der Waals surface area contributed by atoms with Crippen molar-refractivity contribution in [3.63, 3.8) is 0 Å². The summed E-state index contributed by atoms with van der Waals surface area (Å²) in [5.74, 6) is -0.511. The fourth-order valence-electron chi connectivity index (χ4n) is 4.08. The molecule has 0 fully saturated rings. The quantitative estimate of drug-likeness (QED) is 0.207. The second-order valence-corrected chi connectivity index (χ2v) is 10.8. The molecule has 0 aliphatic carbocycles. The molecule has 2 aromatic rings. The van der Waals surface area contributed by atoms with Crippen LogP contribution in [-0.4, -0.2) is 41.5 Å². The first-order chi connectivity index (χ1) is 17.7. The minimum atomic E-state index is -1.18. The molecular weight excluding hydrogens is 466 g/mol. The highest BCUT2D eigenvalue weighted by Crippen LogP contribution is 2.19. The lowest BCUT2D eigenvalue weighted by Gasteiger charge is -2.33. The van der Waals surface area contributed by atoms with Crippen LogP contribution in [0.15, 0.2) is 54.6 Å². The third kappa shape index (κ3) is 11.8. The molecule has 2 N–H and O–H groups in total. The predicted octanol–water partition coefficient (Wildman–Crippen LogP) is 6.64. The average Bonchev–Trinajstić information content (AvgIpc) is 2.87. The SMILES string of the molecule is CCCCCCCCc1ccc(CCC(CO)(COC(=O)c2ccccc2)NC(=O)OC(C)(C)C)cc1. The van der Waals surface area contributed by atoms with Crippen molar-refractivity contribution in [1.29, 1.82) is 0 Å². The first-order valence-corrected chi connectivity index (χ1v) is 13.6. The van der Waals surface area contributed by atoms with E-state index < -0.39 is 29.8 Å². The zero-order valence-corrected chi connectivity index (χ0v) is 23.1. The predicted molar refractivity (Wildman–Crippen MR) is 148 cm³/mol. The van der Waals surface area contributed by atoms with Gasteiger partial charge in [0.1, 0.15) is 17.7 Å². The van der Waals surface area contributed by atoms with Crippen molar-refractivity contribution in [1.82, 2.24) is 5.32 Å². The van der Waals surface area contributed by atoms with Gasteiger partial charge in [-0.3, -0.25) is 0 Å². The summed E-state index contributed by atoms with van der Waals surface area (Å²) >= 11 is 0. The molecule has 0 saturated carbocycles. The van der Waals surface area contributed by atoms with E-state index in [4.69, 9.17) is 9.47 Å². The zero-order chi connectivity index (χ0) is 27.2. The number of benzene rings is 2. The number of alkyl carbamates (subject to hydrolysis) is 1. The van der Waals surface area contributed by atoms with Crippen LogP contribution < -0.4 is 5.32 Å². The lowest BCUT2D eigenvalue weighted by atomic mass is 9.92. The number of carbonyl (C=O) groups is 2. The Morgan fingerprint density at radius 2 is 1.43 bits per heavy atom. The highest BCUT2D eigenvalue weighted by molar-refractivity contribution is 5.89. The number of nitrogens with one attached hydrogen (secondary N) is 1. The number of rotatable bonds is 15. The third-order valence-corrected chi connectivity index (χ3v) is 6.29. The summed E-state index contributed by atoms with van der Waals surface area (Å²) in [6, 6.07) is 17.1. The van der Waals surface area contributed by atoms with Gasteiger partial charge in [-0.25, -0.2) is 9.59 Å². The molecule has 0 bridgehead atoms. The molecule has 0 aliphatic heterocycles. The molecule has 0 spiro atoms. The standard InChI is InChI=1S/C31H45NO5/c1-5-6-7-8-9-11-14-25-17-19-26(20-18-25)21-22-31(23-33,32-29(35)37-30(2,3)4)24-36-28(34)27-15-12-10-13-16-27/h10,12-13,15-20,33H,5-9,11,14,21-24H2,1-4H3,(H,32,35). The number of esters is 1. The second kappa shape index (κ2) is 15.4. The maximum Gasteiger partial charge on any atom is 0.408 e. The van der Waals surface area contributed by atoms with E-state index in [-0.39, 0.29) is 6.61 Å². The number of hydrogen-bond acceptors (Lipinski definition) is 5. The maximum atomic E-state index is 12.6. The average molecular weight is 512 g/mol. The van der Waals surface area contributed by atoms with Crippen LogP contribution in [0.1, 0.15) is 94.1 Å². The first kappa shape index (κ1) is 30.4. The molecule has 204 valence electrons. The van der Waals surface area contributed by atoms with Gasteiger partial charge in [-0.1, -0.05) is 81.5 Å². The summed E-state index contributed by atoms with van der Waals surface area (Å²) in [5, 5.41) is 13.1. The summed E-state index contributed by atoms with van der Waals surface area (Å²) in [6.07, 6.45) is 9.05. The largest absolute Gasteiger partial charge is 0.460 e. The van der Waals surface area contributed by atoms with Gasteiger partial charge in [0, 0.05) is 0 Å². The molecule has 0 aromatic heterocycles. The minimum absolute atomic E-state index is 0.174. The Labute approximate surface area is 222 Å². The van der Waals surface area contributed by atoms with Gasteiger partial charge >= 0.3 is 12.1 Å². The van der Waals surface area contributed by atoms with Crippen molar-refractivity contribution >= 4 is 12.1 Å². The number of ether oxygens (including phenoxy) is 2. The molecule has 0 aliphatic rings. The van der Waals surface area contributed by atoms with Crippen LogP contribution in [0, 0.1) is 0 Å². The Kier molecular flexibility index (Phi) is 12.6. The van der Waals surface area contributed by atoms with Gasteiger partial charge in [0.15, 0.2) is 0 Å². The number of aliphatic hydroxyl groups excluding tert-OH is 1. The van der Waals surface area contributed by atoms with Crippen molar-refractivity contribution < 1.29 is 24.2 Å². The van der Waals surface area contributed by atoms with Gasteiger partial charge in [-0.2, -0.15) is 0 Å². The Morgan fingerprint density at radius 3 is 2.03 bits per heavy atom. The summed E-state index contributed by atoms with van der Waals surface area (Å²) in [6.45, 7) is 6.98. The van der Waals surface area contributed by atoms with E-state index in [9.17, 15) is 14.7 Å². The summed E-state index contributed by atoms with van der Waals surface area (Å²) in [4.78, 5) is 25.1. The lowest BCUT2D eigenvalue weighted by molar-refractivity contribution is 0.0103. The van der Waals surface area contributed by atoms with E-state index in [1.54, 1.807) is 45.0 Å². The number of amides is 1. The van der Waals surface area contributed by atoms with Crippen molar-refractivity contribution in [3.8, 4) is 0 Å². The molecule has 2 rings (SSSR count). The van der Waals surface area contributed by atoms with Crippen molar-refractivity contribution in [3.05, 3.63) is 71.3 Å². The van der Waals surface area contributed by atoms with Gasteiger partial charge in [-0.05, 0) is 69.7 Å². The third-order valence-electron chi connectivity index (χ3n) is 6.29. The normalized spacial score (nSPS) is 13.0. The van der Waals surface area contributed by atoms with Gasteiger partial charge in [0.2, 0.25) is 0 Å². The second-order valence-electron chi connectivity index (χ2n) is 10.8. The molecular formula is C31H45NO5. The topological polar surface area (TPSA) is 84.9 Å². The molecule has 2 aromatic carbocycles. The van der Waals surface area contributed by atoms with E-state index in [0.717, 1.165) is 12.0 Å². The summed E-state index contributed by atoms with van der Waals surface area (Å²) < 4.78 is 11.0. The van der Waals surface area contributed by atoms with E-state index in [1.807, 2.05) is 6.07 Å². The van der Waals surface area contributed by atoms with E-state index in [1.165, 1.54) is 44.1 Å². The fourth-order valence-corrected chi connectivity index (χ4v) is 4.08. The van der Waals surface area contributed by atoms with E-state index >= 15 is 0 Å². The molecule has 1 amide bonds. The minimum Gasteiger partial charge on any atom is -0.460 e. The number of hydrogen-bond donors (Lipinski definition) is 2. The van der Waals surface area contributed by atoms with E-state index in [2.05, 4.69) is 36.5 Å². The van der Waals surface area contributed by atoms with Crippen molar-refractivity contribution in [2.75, 3.05) is 13.2 Å². The fraction of sp³-hybridized carbons (Fsp3) is 0.548. The maximum absolute atomic E-state index is 12.6. The first-order valence-electron chi connectivity index (χ1n) is 13.6. The molecule has 1 unspecified atom stereocenters. The number of aliphatic hydroxyl groups is 1. The smallest absolute Gasteiger partial charge is 0.408 e. The molecule has 0 radical (unpaired) electrons. The van der Waals surface area contributed by atoms with Gasteiger partial charge in [-0.15, -0.1) is 0 Å². The van der Waals surface area contributed by atoms with Crippen LogP contribution in [0.5, 0.6) is 0 Å². The molecule has 6 nitrogen and oxygen atoms in total. The van der Waals surface area contributed by atoms with E-state index in [0.29, 0.717) is 18.4 Å². The summed E-state index contributed by atoms with van der Waals surface area (Å²) in [5.41, 5.74) is 0.940. The van der Waals surface area contributed by atoms with Crippen molar-refractivity contribution in [2.24, 2.45) is 0 Å². The Balaban J connectivity index is 2.01. The monoisotopic (exact) mass is 511 g/mol. The van der Waals surface area contributed by atoms with Gasteiger partial charge in [0.05, 0.1) is 12.2 Å². The van der Waals surface area contributed by atoms with Gasteiger partial charge < -0.3 is 19.9 Å². The van der Waals surface area contributed by atoms with Crippen molar-refractivity contribution in [2.45, 2.75) is 96.6 Å². The lowest BCUT2D eigenvalue weighted by Crippen LogP contribution is -2.56. The zero-order valence-electron chi connectivity index (χ0n) is 23.1. The van der Waals surface area contributed by atoms with Crippen LogP contribution in [0.25, 0.3) is 0 Å². The molecule has 0 saturated heterocycles. The molecule has 6 heteroatoms. The highest BCUT2D eigenvalue weighted by Gasteiger charge is 2.35. The Hall–Kier alpha value is -2.86. The van der Waals surface area contributed by atoms with Crippen LogP contribution in [0.3, 0.4) is 0 Å². The van der Waals surface area contributed by atoms with Crippen LogP contribution in [-0.2, 0) is 22.3 Å². The molecule has 1 atom stereocenters. The Bertz CT molecular complexity index is 936. The Morgan fingerprint density at radius 1 is 0.838 bits per heavy atom. The summed E-state index contributed by atoms with van der Waals surface area (Å²) in [7, 11) is 0. The highest BCUT2D eigenvalue weighted by atomic mass is 16.6. The molecule has 37 heavy (non-hydrogen) atoms. The number of unbranched alkanes of at least 4 members (excludes halogenated alkanes) is 5. The number of aryl methyl sites for hydroxylation is 2. The van der Waals surface area contributed by atoms with Crippen LogP contribution in [0.4, 0.5) is 4.79 Å². The number of carbonyl (C=O) groups excluding carboxylic acids is 2. The molecule has 0 heterocycles.